The molecule has 0 saturated carbocycles. The van der Waals surface area contributed by atoms with Crippen molar-refractivity contribution in [1.29, 1.82) is 0 Å². The highest BCUT2D eigenvalue weighted by molar-refractivity contribution is 5.83. The third kappa shape index (κ3) is 6.58. The van der Waals surface area contributed by atoms with E-state index in [9.17, 15) is 4.79 Å². The van der Waals surface area contributed by atoms with Gasteiger partial charge in [0.25, 0.3) is 5.91 Å². The van der Waals surface area contributed by atoms with Crippen LogP contribution in [-0.4, -0.2) is 57.0 Å². The zero-order valence-corrected chi connectivity index (χ0v) is 16.9. The number of hydrogen-bond acceptors (Lipinski definition) is 6. The number of nitrogens with zero attached hydrogens (tertiary/aromatic N) is 2. The van der Waals surface area contributed by atoms with Crippen molar-refractivity contribution in [1.82, 2.24) is 10.3 Å². The van der Waals surface area contributed by atoms with Gasteiger partial charge in [0.15, 0.2) is 11.5 Å². The molecule has 154 valence electrons. The minimum absolute atomic E-state index is 0.145. The highest BCUT2D eigenvalue weighted by Gasteiger charge is 2.13. The molecule has 0 atom stereocenters. The second-order valence-corrected chi connectivity index (χ2v) is 6.87. The van der Waals surface area contributed by atoms with Gasteiger partial charge in [0.1, 0.15) is 6.61 Å². The number of nitrogens with one attached hydrogen (secondary N) is 1. The first-order valence-corrected chi connectivity index (χ1v) is 9.62. The molecule has 1 aliphatic rings. The summed E-state index contributed by atoms with van der Waals surface area (Å²) in [5.41, 5.74) is 5.66. The molecule has 0 radical (unpaired) electrons. The second-order valence-electron chi connectivity index (χ2n) is 6.87. The minimum Gasteiger partial charge on any atom is -0.493 e. The Morgan fingerprint density at radius 2 is 1.93 bits per heavy atom. The lowest BCUT2D eigenvalue weighted by molar-refractivity contribution is -0.123. The summed E-state index contributed by atoms with van der Waals surface area (Å²) in [5, 5.41) is 4.04. The summed E-state index contributed by atoms with van der Waals surface area (Å²) < 4.78 is 16.6. The Bertz CT molecular complexity index is 830. The molecular weight excluding hydrogens is 370 g/mol. The van der Waals surface area contributed by atoms with Crippen LogP contribution in [0, 0.1) is 6.92 Å². The fraction of sp³-hybridized carbons (Fsp3) is 0.364. The highest BCUT2D eigenvalue weighted by atomic mass is 16.5. The van der Waals surface area contributed by atoms with Gasteiger partial charge in [0.05, 0.1) is 33.1 Å². The quantitative estimate of drug-likeness (QED) is 0.547. The van der Waals surface area contributed by atoms with E-state index in [1.54, 1.807) is 13.3 Å². The maximum atomic E-state index is 12.0. The van der Waals surface area contributed by atoms with Gasteiger partial charge in [-0.2, -0.15) is 5.10 Å². The predicted octanol–water partition coefficient (Wildman–Crippen LogP) is 2.36. The molecule has 1 amide bonds. The molecule has 0 bridgehead atoms. The zero-order chi connectivity index (χ0) is 20.5. The van der Waals surface area contributed by atoms with Gasteiger partial charge in [-0.1, -0.05) is 29.8 Å². The number of amides is 1. The molecule has 3 rings (SSSR count). The molecular formula is C22H27N3O4. The van der Waals surface area contributed by atoms with Crippen molar-refractivity contribution in [3.05, 3.63) is 59.2 Å². The van der Waals surface area contributed by atoms with Crippen LogP contribution in [-0.2, 0) is 16.1 Å². The summed E-state index contributed by atoms with van der Waals surface area (Å²) in [4.78, 5) is 14.0. The largest absolute Gasteiger partial charge is 0.493 e. The molecule has 0 spiro atoms. The SMILES string of the molecule is COc1cc(C=NNC(=O)CN2CCOCC2)ccc1OCc1ccc(C)cc1. The van der Waals surface area contributed by atoms with Gasteiger partial charge in [0.2, 0.25) is 0 Å². The van der Waals surface area contributed by atoms with Gasteiger partial charge in [-0.15, -0.1) is 0 Å². The molecule has 29 heavy (non-hydrogen) atoms. The van der Waals surface area contributed by atoms with Crippen LogP contribution < -0.4 is 14.9 Å². The van der Waals surface area contributed by atoms with Crippen LogP contribution in [0.25, 0.3) is 0 Å². The van der Waals surface area contributed by atoms with Crippen LogP contribution in [0.5, 0.6) is 11.5 Å². The van der Waals surface area contributed by atoms with Crippen LogP contribution in [0.3, 0.4) is 0 Å². The van der Waals surface area contributed by atoms with Gasteiger partial charge in [-0.05, 0) is 36.2 Å². The number of hydrogen-bond donors (Lipinski definition) is 1. The lowest BCUT2D eigenvalue weighted by Gasteiger charge is -2.25. The molecule has 1 fully saturated rings. The summed E-state index contributed by atoms with van der Waals surface area (Å²) in [6.45, 7) is 5.68. The third-order valence-corrected chi connectivity index (χ3v) is 4.58. The monoisotopic (exact) mass is 397 g/mol. The topological polar surface area (TPSA) is 72.4 Å². The third-order valence-electron chi connectivity index (χ3n) is 4.58. The van der Waals surface area contributed by atoms with Crippen molar-refractivity contribution in [3.8, 4) is 11.5 Å². The lowest BCUT2D eigenvalue weighted by Crippen LogP contribution is -2.42. The molecule has 0 unspecified atom stereocenters. The molecule has 7 nitrogen and oxygen atoms in total. The predicted molar refractivity (Wildman–Crippen MR) is 112 cm³/mol. The van der Waals surface area contributed by atoms with Gasteiger partial charge in [-0.25, -0.2) is 5.43 Å². The van der Waals surface area contributed by atoms with Crippen LogP contribution in [0.4, 0.5) is 0 Å². The maximum Gasteiger partial charge on any atom is 0.254 e. The standard InChI is InChI=1S/C22H27N3O4/c1-17-3-5-18(6-4-17)16-29-20-8-7-19(13-21(20)27-2)14-23-24-22(26)15-25-9-11-28-12-10-25/h3-8,13-14H,9-12,15-16H2,1-2H3,(H,24,26). The molecule has 1 N–H and O–H groups in total. The summed E-state index contributed by atoms with van der Waals surface area (Å²) in [5.74, 6) is 1.12. The molecule has 2 aromatic carbocycles. The molecule has 1 heterocycles. The molecule has 1 aliphatic heterocycles. The minimum atomic E-state index is -0.145. The number of rotatable bonds is 8. The first-order chi connectivity index (χ1) is 14.1. The average Bonchev–Trinajstić information content (AvgIpc) is 2.74. The van der Waals surface area contributed by atoms with Crippen molar-refractivity contribution in [2.24, 2.45) is 5.10 Å². The van der Waals surface area contributed by atoms with Gasteiger partial charge in [-0.3, -0.25) is 9.69 Å². The summed E-state index contributed by atoms with van der Waals surface area (Å²) in [6, 6.07) is 13.7. The summed E-state index contributed by atoms with van der Waals surface area (Å²) >= 11 is 0. The number of benzene rings is 2. The molecule has 1 saturated heterocycles. The second kappa shape index (κ2) is 10.6. The van der Waals surface area contributed by atoms with E-state index in [0.717, 1.165) is 24.2 Å². The van der Waals surface area contributed by atoms with E-state index in [4.69, 9.17) is 14.2 Å². The van der Waals surface area contributed by atoms with Crippen LogP contribution in [0.15, 0.2) is 47.6 Å². The molecule has 2 aromatic rings. The number of hydrazone groups is 1. The number of carbonyl (C=O) groups excluding carboxylic acids is 1. The van der Waals surface area contributed by atoms with E-state index in [-0.39, 0.29) is 5.91 Å². The van der Waals surface area contributed by atoms with Gasteiger partial charge < -0.3 is 14.2 Å². The van der Waals surface area contributed by atoms with E-state index in [2.05, 4.69) is 29.6 Å². The Balaban J connectivity index is 1.52. The van der Waals surface area contributed by atoms with Gasteiger partial charge in [0, 0.05) is 13.1 Å². The van der Waals surface area contributed by atoms with Crippen LogP contribution in [0.1, 0.15) is 16.7 Å². The first kappa shape index (κ1) is 20.8. The molecule has 7 heteroatoms. The average molecular weight is 397 g/mol. The lowest BCUT2D eigenvalue weighted by atomic mass is 10.2. The Morgan fingerprint density at radius 3 is 2.66 bits per heavy atom. The Hall–Kier alpha value is -2.90. The number of carbonyl (C=O) groups is 1. The number of aryl methyl sites for hydroxylation is 1. The number of methoxy groups -OCH3 is 1. The van der Waals surface area contributed by atoms with Gasteiger partial charge >= 0.3 is 0 Å². The van der Waals surface area contributed by atoms with Crippen molar-refractivity contribution in [2.75, 3.05) is 40.0 Å². The maximum absolute atomic E-state index is 12.0. The fourth-order valence-electron chi connectivity index (χ4n) is 2.91. The smallest absolute Gasteiger partial charge is 0.254 e. The Kier molecular flexibility index (Phi) is 7.61. The van der Waals surface area contributed by atoms with Crippen molar-refractivity contribution in [2.45, 2.75) is 13.5 Å². The van der Waals surface area contributed by atoms with Crippen molar-refractivity contribution < 1.29 is 19.0 Å². The highest BCUT2D eigenvalue weighted by Crippen LogP contribution is 2.28. The Morgan fingerprint density at radius 1 is 1.17 bits per heavy atom. The van der Waals surface area contributed by atoms with E-state index in [1.807, 2.05) is 35.2 Å². The van der Waals surface area contributed by atoms with E-state index >= 15 is 0 Å². The van der Waals surface area contributed by atoms with E-state index < -0.39 is 0 Å². The normalized spacial score (nSPS) is 14.7. The Labute approximate surface area is 171 Å². The van der Waals surface area contributed by atoms with Crippen molar-refractivity contribution >= 4 is 12.1 Å². The zero-order valence-electron chi connectivity index (χ0n) is 16.9. The van der Waals surface area contributed by atoms with E-state index in [0.29, 0.717) is 37.9 Å². The first-order valence-electron chi connectivity index (χ1n) is 9.62. The van der Waals surface area contributed by atoms with Crippen LogP contribution in [0.2, 0.25) is 0 Å². The summed E-state index contributed by atoms with van der Waals surface area (Å²) in [7, 11) is 1.60. The number of ether oxygens (including phenoxy) is 3. The van der Waals surface area contributed by atoms with Crippen molar-refractivity contribution in [3.63, 3.8) is 0 Å². The van der Waals surface area contributed by atoms with E-state index in [1.165, 1.54) is 5.56 Å². The fourth-order valence-corrected chi connectivity index (χ4v) is 2.91. The molecule has 0 aromatic heterocycles. The van der Waals surface area contributed by atoms with Crippen LogP contribution >= 0.6 is 0 Å². The molecule has 0 aliphatic carbocycles. The summed E-state index contributed by atoms with van der Waals surface area (Å²) in [6.07, 6.45) is 1.59. The number of morpholine rings is 1.